The zero-order chi connectivity index (χ0) is 21.8. The van der Waals surface area contributed by atoms with Gasteiger partial charge in [-0.3, -0.25) is 10.1 Å². The summed E-state index contributed by atoms with van der Waals surface area (Å²) in [6.07, 6.45) is 3.11. The predicted molar refractivity (Wildman–Crippen MR) is 122 cm³/mol. The standard InChI is InChI=1S/C22H19ClN4O3S/c1-14-13-31-22-25-21(26-27(14)22)24-20(28)10-6-15-5-9-18(19(11-15)29-2)30-12-16-3-7-17(23)8-4-16/h3-11,13H,12H2,1-2H3,(H,24,26,28)/b10-6+. The van der Waals surface area contributed by atoms with Crippen LogP contribution in [0.15, 0.2) is 53.9 Å². The quantitative estimate of drug-likeness (QED) is 0.398. The van der Waals surface area contributed by atoms with E-state index >= 15 is 0 Å². The summed E-state index contributed by atoms with van der Waals surface area (Å²) in [7, 11) is 1.57. The van der Waals surface area contributed by atoms with Crippen molar-refractivity contribution in [2.45, 2.75) is 13.5 Å². The molecule has 0 saturated heterocycles. The van der Waals surface area contributed by atoms with E-state index in [1.165, 1.54) is 17.4 Å². The molecule has 2 aromatic carbocycles. The first-order valence-corrected chi connectivity index (χ1v) is 10.6. The van der Waals surface area contributed by atoms with Gasteiger partial charge in [-0.25, -0.2) is 4.52 Å². The van der Waals surface area contributed by atoms with E-state index in [4.69, 9.17) is 21.1 Å². The monoisotopic (exact) mass is 454 g/mol. The van der Waals surface area contributed by atoms with Crippen LogP contribution in [0.25, 0.3) is 11.0 Å². The van der Waals surface area contributed by atoms with Crippen LogP contribution >= 0.6 is 22.9 Å². The van der Waals surface area contributed by atoms with E-state index in [9.17, 15) is 4.79 Å². The molecule has 0 spiro atoms. The lowest BCUT2D eigenvalue weighted by atomic mass is 10.2. The molecule has 0 atom stereocenters. The van der Waals surface area contributed by atoms with Gasteiger partial charge in [-0.2, -0.15) is 4.98 Å². The molecule has 0 radical (unpaired) electrons. The Balaban J connectivity index is 1.39. The van der Waals surface area contributed by atoms with Crippen molar-refractivity contribution in [3.05, 3.63) is 75.8 Å². The molecule has 4 rings (SSSR count). The average molecular weight is 455 g/mol. The van der Waals surface area contributed by atoms with Crippen molar-refractivity contribution in [2.75, 3.05) is 12.4 Å². The Labute approximate surface area is 187 Å². The molecule has 4 aromatic rings. The average Bonchev–Trinajstić information content (AvgIpc) is 3.33. The number of hydrogen-bond donors (Lipinski definition) is 1. The number of hydrogen-bond acceptors (Lipinski definition) is 6. The second kappa shape index (κ2) is 9.20. The van der Waals surface area contributed by atoms with E-state index in [2.05, 4.69) is 15.4 Å². The van der Waals surface area contributed by atoms with Crippen LogP contribution in [0.1, 0.15) is 16.8 Å². The van der Waals surface area contributed by atoms with Gasteiger partial charge in [0, 0.05) is 16.5 Å². The normalized spacial score (nSPS) is 11.2. The molecule has 2 heterocycles. The number of nitrogens with one attached hydrogen (secondary N) is 1. The lowest BCUT2D eigenvalue weighted by molar-refractivity contribution is -0.111. The molecule has 1 N–H and O–H groups in total. The van der Waals surface area contributed by atoms with Gasteiger partial charge in [0.25, 0.3) is 11.9 Å². The SMILES string of the molecule is COc1cc(/C=C/C(=O)Nc2nc3scc(C)n3n2)ccc1OCc1ccc(Cl)cc1. The number of aromatic nitrogens is 3. The first-order valence-electron chi connectivity index (χ1n) is 9.37. The number of carbonyl (C=O) groups excluding carboxylic acids is 1. The molecule has 0 saturated carbocycles. The Morgan fingerprint density at radius 2 is 2.03 bits per heavy atom. The summed E-state index contributed by atoms with van der Waals surface area (Å²) >= 11 is 7.38. The summed E-state index contributed by atoms with van der Waals surface area (Å²) in [6.45, 7) is 2.32. The fraction of sp³-hybridized carbons (Fsp3) is 0.136. The van der Waals surface area contributed by atoms with Crippen molar-refractivity contribution in [3.8, 4) is 11.5 Å². The van der Waals surface area contributed by atoms with Crippen molar-refractivity contribution in [1.29, 1.82) is 0 Å². The van der Waals surface area contributed by atoms with E-state index in [1.54, 1.807) is 29.8 Å². The van der Waals surface area contributed by atoms with Crippen LogP contribution in [0.5, 0.6) is 11.5 Å². The number of anilines is 1. The number of halogens is 1. The highest BCUT2D eigenvalue weighted by atomic mass is 35.5. The second-order valence-corrected chi connectivity index (χ2v) is 7.93. The molecule has 0 unspecified atom stereocenters. The van der Waals surface area contributed by atoms with Crippen molar-refractivity contribution in [2.24, 2.45) is 0 Å². The third-order valence-corrected chi connectivity index (χ3v) is 5.59. The molecule has 0 aliphatic rings. The van der Waals surface area contributed by atoms with Crippen LogP contribution < -0.4 is 14.8 Å². The van der Waals surface area contributed by atoms with Gasteiger partial charge in [-0.15, -0.1) is 16.4 Å². The van der Waals surface area contributed by atoms with Crippen LogP contribution in [-0.4, -0.2) is 27.6 Å². The van der Waals surface area contributed by atoms with Gasteiger partial charge in [-0.1, -0.05) is 29.8 Å². The maximum atomic E-state index is 12.2. The number of fused-ring (bicyclic) bond motifs is 1. The van der Waals surface area contributed by atoms with Gasteiger partial charge in [0.1, 0.15) is 6.61 Å². The highest BCUT2D eigenvalue weighted by Gasteiger charge is 2.09. The number of aryl methyl sites for hydroxylation is 1. The zero-order valence-electron chi connectivity index (χ0n) is 16.8. The summed E-state index contributed by atoms with van der Waals surface area (Å²) in [4.78, 5) is 17.2. The van der Waals surface area contributed by atoms with Crippen molar-refractivity contribution < 1.29 is 14.3 Å². The van der Waals surface area contributed by atoms with Crippen LogP contribution in [0.3, 0.4) is 0 Å². The fourth-order valence-corrected chi connectivity index (χ4v) is 3.74. The van der Waals surface area contributed by atoms with Crippen LogP contribution in [0.4, 0.5) is 5.95 Å². The highest BCUT2D eigenvalue weighted by Crippen LogP contribution is 2.29. The smallest absolute Gasteiger partial charge is 0.250 e. The van der Waals surface area contributed by atoms with Gasteiger partial charge < -0.3 is 9.47 Å². The van der Waals surface area contributed by atoms with Crippen molar-refractivity contribution in [3.63, 3.8) is 0 Å². The number of benzene rings is 2. The van der Waals surface area contributed by atoms with Gasteiger partial charge in [0.15, 0.2) is 11.5 Å². The Hall–Kier alpha value is -3.36. The lowest BCUT2D eigenvalue weighted by Crippen LogP contribution is -2.09. The molecular weight excluding hydrogens is 436 g/mol. The number of rotatable bonds is 7. The number of methoxy groups -OCH3 is 1. The first-order chi connectivity index (χ1) is 15.0. The molecule has 9 heteroatoms. The number of nitrogens with zero attached hydrogens (tertiary/aromatic N) is 3. The Kier molecular flexibility index (Phi) is 6.20. The maximum Gasteiger partial charge on any atom is 0.250 e. The third kappa shape index (κ3) is 5.04. The van der Waals surface area contributed by atoms with Crippen LogP contribution in [0, 0.1) is 6.92 Å². The largest absolute Gasteiger partial charge is 0.493 e. The molecular formula is C22H19ClN4O3S. The maximum absolute atomic E-state index is 12.2. The zero-order valence-corrected chi connectivity index (χ0v) is 18.4. The minimum Gasteiger partial charge on any atom is -0.493 e. The molecule has 31 heavy (non-hydrogen) atoms. The lowest BCUT2D eigenvalue weighted by Gasteiger charge is -2.11. The summed E-state index contributed by atoms with van der Waals surface area (Å²) in [5.41, 5.74) is 2.75. The highest BCUT2D eigenvalue weighted by molar-refractivity contribution is 7.15. The van der Waals surface area contributed by atoms with Crippen molar-refractivity contribution >= 4 is 45.8 Å². The minimum atomic E-state index is -0.321. The molecule has 7 nitrogen and oxygen atoms in total. The molecule has 0 fully saturated rings. The number of ether oxygens (including phenoxy) is 2. The van der Waals surface area contributed by atoms with E-state index in [0.717, 1.165) is 21.8 Å². The van der Waals surface area contributed by atoms with E-state index in [1.807, 2.05) is 42.6 Å². The van der Waals surface area contributed by atoms with E-state index in [-0.39, 0.29) is 11.9 Å². The fourth-order valence-electron chi connectivity index (χ4n) is 2.82. The Morgan fingerprint density at radius 3 is 2.77 bits per heavy atom. The Bertz CT molecular complexity index is 1250. The molecule has 0 bridgehead atoms. The number of thiazole rings is 1. The van der Waals surface area contributed by atoms with Gasteiger partial charge in [0.2, 0.25) is 4.96 Å². The van der Waals surface area contributed by atoms with E-state index in [0.29, 0.717) is 23.1 Å². The predicted octanol–water partition coefficient (Wildman–Crippen LogP) is 4.99. The van der Waals surface area contributed by atoms with Crippen molar-refractivity contribution in [1.82, 2.24) is 14.6 Å². The van der Waals surface area contributed by atoms with E-state index < -0.39 is 0 Å². The summed E-state index contributed by atoms with van der Waals surface area (Å²) in [5, 5.41) is 9.57. The molecule has 2 aromatic heterocycles. The second-order valence-electron chi connectivity index (χ2n) is 6.65. The minimum absolute atomic E-state index is 0.271. The number of amides is 1. The van der Waals surface area contributed by atoms with Gasteiger partial charge >= 0.3 is 0 Å². The summed E-state index contributed by atoms with van der Waals surface area (Å²) in [6, 6.07) is 12.9. The molecule has 158 valence electrons. The molecule has 1 amide bonds. The number of carbonyl (C=O) groups is 1. The molecule has 0 aliphatic carbocycles. The summed E-state index contributed by atoms with van der Waals surface area (Å²) < 4.78 is 13.0. The third-order valence-electron chi connectivity index (χ3n) is 4.40. The molecule has 0 aliphatic heterocycles. The van der Waals surface area contributed by atoms with Crippen LogP contribution in [0.2, 0.25) is 5.02 Å². The summed E-state index contributed by atoms with van der Waals surface area (Å²) in [5.74, 6) is 1.13. The Morgan fingerprint density at radius 1 is 1.23 bits per heavy atom. The topological polar surface area (TPSA) is 77.8 Å². The van der Waals surface area contributed by atoms with Crippen LogP contribution in [-0.2, 0) is 11.4 Å². The van der Waals surface area contributed by atoms with Gasteiger partial charge in [0.05, 0.1) is 12.8 Å². The first kappa shape index (κ1) is 20.9. The van der Waals surface area contributed by atoms with Gasteiger partial charge in [-0.05, 0) is 48.4 Å².